The van der Waals surface area contributed by atoms with Gasteiger partial charge in [-0.25, -0.2) is 0 Å². The number of aliphatic hydroxyl groups excluding tert-OH is 2. The zero-order valence-corrected chi connectivity index (χ0v) is 42.0. The summed E-state index contributed by atoms with van der Waals surface area (Å²) in [5.74, 6) is -0.101. The van der Waals surface area contributed by atoms with Gasteiger partial charge in [0.2, 0.25) is 0 Å². The normalized spacial score (nSPS) is 14.7. The molecule has 0 atom stereocenters. The summed E-state index contributed by atoms with van der Waals surface area (Å²) in [5, 5.41) is 40.4. The van der Waals surface area contributed by atoms with E-state index in [4.69, 9.17) is 6.92 Å². The summed E-state index contributed by atoms with van der Waals surface area (Å²) in [4.78, 5) is 0. The van der Waals surface area contributed by atoms with E-state index in [0.717, 1.165) is 121 Å². The molecule has 0 aromatic heterocycles. The van der Waals surface area contributed by atoms with E-state index in [2.05, 4.69) is 123 Å². The molecule has 350 valence electrons. The first-order valence-corrected chi connectivity index (χ1v) is 24.1. The molecule has 63 heavy (non-hydrogen) atoms. The molecule has 0 aliphatic rings. The highest BCUT2D eigenvalue weighted by Crippen LogP contribution is 2.38. The van der Waals surface area contributed by atoms with Gasteiger partial charge in [-0.2, -0.15) is 0 Å². The zero-order chi connectivity index (χ0) is 47.2. The Morgan fingerprint density at radius 1 is 0.349 bits per heavy atom. The van der Waals surface area contributed by atoms with Gasteiger partial charge in [-0.1, -0.05) is 116 Å². The lowest BCUT2D eigenvalue weighted by atomic mass is 9.93. The maximum absolute atomic E-state index is 10.7. The Hall–Kier alpha value is -3.86. The summed E-state index contributed by atoms with van der Waals surface area (Å²) in [5.41, 5.74) is 15.5. The van der Waals surface area contributed by atoms with Gasteiger partial charge in [0, 0.05) is 16.7 Å². The van der Waals surface area contributed by atoms with Crippen LogP contribution in [0.3, 0.4) is 0 Å². The fourth-order valence-corrected chi connectivity index (χ4v) is 7.70. The van der Waals surface area contributed by atoms with Gasteiger partial charge in [0.15, 0.2) is 0 Å². The second kappa shape index (κ2) is 33.6. The lowest BCUT2D eigenvalue weighted by molar-refractivity contribution is 0.249. The molecule has 1 rings (SSSR count). The second-order valence-corrected chi connectivity index (χ2v) is 18.5. The number of phenols is 2. The molecule has 0 heterocycles. The van der Waals surface area contributed by atoms with E-state index >= 15 is 0 Å². The van der Waals surface area contributed by atoms with Crippen LogP contribution in [0.4, 0.5) is 0 Å². The summed E-state index contributed by atoms with van der Waals surface area (Å²) in [6, 6.07) is 0. The first-order valence-electron chi connectivity index (χ1n) is 24.1. The van der Waals surface area contributed by atoms with Crippen molar-refractivity contribution in [3.8, 4) is 11.5 Å². The van der Waals surface area contributed by atoms with Crippen LogP contribution in [0.25, 0.3) is 0 Å². The molecule has 4 nitrogen and oxygen atoms in total. The van der Waals surface area contributed by atoms with Gasteiger partial charge in [-0.15, -0.1) is 0 Å². The van der Waals surface area contributed by atoms with Gasteiger partial charge in [0.1, 0.15) is 11.5 Å². The highest BCUT2D eigenvalue weighted by Gasteiger charge is 2.19. The van der Waals surface area contributed by atoms with Gasteiger partial charge < -0.3 is 20.4 Å². The quantitative estimate of drug-likeness (QED) is 0.0443. The molecule has 2 radical (unpaired) electrons. The van der Waals surface area contributed by atoms with Crippen LogP contribution in [-0.4, -0.2) is 20.4 Å². The topological polar surface area (TPSA) is 80.9 Å². The number of hydrogen-bond acceptors (Lipinski definition) is 4. The predicted octanol–water partition coefficient (Wildman–Crippen LogP) is 17.1. The second-order valence-electron chi connectivity index (χ2n) is 18.5. The van der Waals surface area contributed by atoms with Crippen LogP contribution in [0.1, 0.15) is 207 Å². The largest absolute Gasteiger partial charge is 0.507 e. The first-order chi connectivity index (χ1) is 30.0. The van der Waals surface area contributed by atoms with E-state index in [1.54, 1.807) is 6.92 Å². The molecule has 0 fully saturated rings. The van der Waals surface area contributed by atoms with Gasteiger partial charge in [0.25, 0.3) is 0 Å². The van der Waals surface area contributed by atoms with Crippen LogP contribution in [0, 0.1) is 13.8 Å². The van der Waals surface area contributed by atoms with Gasteiger partial charge in [-0.05, 0) is 211 Å². The Kier molecular flexibility index (Phi) is 30.5. The molecular weight excluding hydrogens is 773 g/mol. The number of benzene rings is 1. The Labute approximate surface area is 387 Å². The van der Waals surface area contributed by atoms with Crippen molar-refractivity contribution in [1.82, 2.24) is 0 Å². The van der Waals surface area contributed by atoms with Crippen molar-refractivity contribution >= 4 is 0 Å². The number of rotatable bonds is 31. The van der Waals surface area contributed by atoms with Crippen LogP contribution in [-0.2, 0) is 19.6 Å². The minimum atomic E-state index is -0.438. The molecule has 0 unspecified atom stereocenters. The summed E-state index contributed by atoms with van der Waals surface area (Å²) in [6.07, 6.45) is 43.7. The monoisotopic (exact) mass is 863 g/mol. The number of allylic oxidation sites excluding steroid dienone is 20. The third-order valence-electron chi connectivity index (χ3n) is 12.3. The van der Waals surface area contributed by atoms with Gasteiger partial charge in [-0.3, -0.25) is 0 Å². The fourth-order valence-electron chi connectivity index (χ4n) is 7.70. The SMILES string of the molecule is [CH]/C(C)=C/CC/C(C)=C/CC/C(C)=C/CC/C(C)=C/CC/C(C)=C/CC/C(C)=C/CC/C(C)=C/CC/C(C)=C/CC/C(C)=C/CC/C(C)=C/Cc1c(C)c(O)c(CO)c(CO)c1O. The maximum Gasteiger partial charge on any atom is 0.125 e. The maximum atomic E-state index is 10.7. The van der Waals surface area contributed by atoms with Crippen LogP contribution in [0.5, 0.6) is 11.5 Å². The summed E-state index contributed by atoms with van der Waals surface area (Å²) < 4.78 is 0. The van der Waals surface area contributed by atoms with Gasteiger partial charge in [0.05, 0.1) is 13.2 Å². The molecule has 4 heteroatoms. The smallest absolute Gasteiger partial charge is 0.125 e. The predicted molar refractivity (Wildman–Crippen MR) is 275 cm³/mol. The van der Waals surface area contributed by atoms with E-state index in [0.29, 0.717) is 17.5 Å². The van der Waals surface area contributed by atoms with E-state index in [1.165, 1.54) is 50.2 Å². The summed E-state index contributed by atoms with van der Waals surface area (Å²) >= 11 is 0. The Morgan fingerprint density at radius 3 is 0.810 bits per heavy atom. The first kappa shape index (κ1) is 57.2. The molecule has 0 saturated carbocycles. The Bertz CT molecular complexity index is 1840. The molecule has 0 amide bonds. The fraction of sp³-hybridized carbons (Fsp3) is 0.542. The molecule has 0 aliphatic carbocycles. The van der Waals surface area contributed by atoms with E-state index in [9.17, 15) is 20.4 Å². The summed E-state index contributed by atoms with van der Waals surface area (Å²) in [6.45, 7) is 28.7. The number of hydrogen-bond donors (Lipinski definition) is 4. The Morgan fingerprint density at radius 2 is 0.571 bits per heavy atom. The third kappa shape index (κ3) is 26.5. The summed E-state index contributed by atoms with van der Waals surface area (Å²) in [7, 11) is 0. The van der Waals surface area contributed by atoms with Crippen molar-refractivity contribution in [3.63, 3.8) is 0 Å². The minimum Gasteiger partial charge on any atom is -0.507 e. The van der Waals surface area contributed by atoms with Crippen molar-refractivity contribution in [2.45, 2.75) is 211 Å². The molecule has 4 N–H and O–H groups in total. The molecular formula is C59H90O4. The van der Waals surface area contributed by atoms with Gasteiger partial charge >= 0.3 is 0 Å². The molecule has 1 aromatic rings. The van der Waals surface area contributed by atoms with Crippen LogP contribution < -0.4 is 0 Å². The van der Waals surface area contributed by atoms with Crippen LogP contribution >= 0.6 is 0 Å². The van der Waals surface area contributed by atoms with Crippen molar-refractivity contribution in [2.75, 3.05) is 0 Å². The number of aromatic hydroxyl groups is 2. The van der Waals surface area contributed by atoms with Crippen molar-refractivity contribution in [3.05, 3.63) is 146 Å². The average Bonchev–Trinajstić information content (AvgIpc) is 3.21. The highest BCUT2D eigenvalue weighted by atomic mass is 16.3. The van der Waals surface area contributed by atoms with E-state index in [1.807, 2.05) is 6.92 Å². The lowest BCUT2D eigenvalue weighted by Crippen LogP contribution is -2.02. The molecule has 1 aromatic carbocycles. The van der Waals surface area contributed by atoms with E-state index in [-0.39, 0.29) is 22.6 Å². The molecule has 0 saturated heterocycles. The highest BCUT2D eigenvalue weighted by molar-refractivity contribution is 5.58. The zero-order valence-electron chi connectivity index (χ0n) is 42.0. The van der Waals surface area contributed by atoms with E-state index < -0.39 is 13.2 Å². The van der Waals surface area contributed by atoms with Crippen molar-refractivity contribution in [2.24, 2.45) is 0 Å². The lowest BCUT2D eigenvalue weighted by Gasteiger charge is -2.17. The van der Waals surface area contributed by atoms with Crippen molar-refractivity contribution in [1.29, 1.82) is 0 Å². The Balaban J connectivity index is 2.32. The van der Waals surface area contributed by atoms with Crippen LogP contribution in [0.15, 0.2) is 116 Å². The molecule has 0 spiro atoms. The van der Waals surface area contributed by atoms with Crippen LogP contribution in [0.2, 0.25) is 0 Å². The molecule has 0 aliphatic heterocycles. The standard InChI is InChI=1S/C59H90O4/c1-44(2)22-13-23-45(3)24-14-25-46(4)26-15-27-47(5)28-16-29-48(6)30-17-31-49(7)32-18-33-50(8)34-19-35-51(9)36-20-37-52(10)38-21-39-53(11)40-41-55-54(12)58(62)56(42-60)57(43-61)59(55)63/h1,22,24,26,28,30,32,34,36,38,40,60-63H,13-21,23,25,27,29,31,33,35,37,39,41-43H2,2-12H3/b44-22-,45-24+,46-26+,47-28+,48-30+,49-32+,50-34+,51-36+,52-38+,53-40+. The molecule has 0 bridgehead atoms. The third-order valence-corrected chi connectivity index (χ3v) is 12.3. The van der Waals surface area contributed by atoms with Crippen molar-refractivity contribution < 1.29 is 20.4 Å². The average molecular weight is 863 g/mol. The minimum absolute atomic E-state index is 0.0431. The number of aliphatic hydroxyl groups is 2.